The van der Waals surface area contributed by atoms with Crippen molar-refractivity contribution >= 4 is 29.1 Å². The fourth-order valence-corrected chi connectivity index (χ4v) is 6.42. The molecule has 3 aliphatic rings. The number of likely N-dealkylation sites (N-methyl/N-ethyl adjacent to an activating group) is 1. The Morgan fingerprint density at radius 3 is 2.38 bits per heavy atom. The lowest BCUT2D eigenvalue weighted by molar-refractivity contribution is -0.148. The number of hydrogen-bond donors (Lipinski definition) is 5. The van der Waals surface area contributed by atoms with E-state index in [1.165, 1.54) is 11.0 Å². The van der Waals surface area contributed by atoms with Crippen molar-refractivity contribution in [3.8, 4) is 16.9 Å². The van der Waals surface area contributed by atoms with E-state index in [-0.39, 0.29) is 29.7 Å². The van der Waals surface area contributed by atoms with Crippen molar-refractivity contribution in [1.29, 1.82) is 0 Å². The number of primary amides is 1. The van der Waals surface area contributed by atoms with Gasteiger partial charge in [0.1, 0.15) is 22.8 Å². The smallest absolute Gasteiger partial charge is 0.255 e. The summed E-state index contributed by atoms with van der Waals surface area (Å²) in [6, 6.07) is 9.04. The molecule has 0 aliphatic heterocycles. The van der Waals surface area contributed by atoms with Gasteiger partial charge in [0.25, 0.3) is 5.91 Å². The van der Waals surface area contributed by atoms with E-state index in [1.807, 2.05) is 0 Å². The lowest BCUT2D eigenvalue weighted by atomic mass is 9.58. The van der Waals surface area contributed by atoms with Gasteiger partial charge in [-0.3, -0.25) is 19.3 Å². The average molecular weight is 525 g/mol. The van der Waals surface area contributed by atoms with Gasteiger partial charge in [0.05, 0.1) is 11.6 Å². The van der Waals surface area contributed by atoms with Gasteiger partial charge in [-0.25, -0.2) is 0 Å². The van der Waals surface area contributed by atoms with E-state index in [0.717, 1.165) is 0 Å². The summed E-state index contributed by atoms with van der Waals surface area (Å²) >= 11 is 6.43. The first-order valence-electron chi connectivity index (χ1n) is 11.7. The van der Waals surface area contributed by atoms with E-state index < -0.39 is 58.0 Å². The van der Waals surface area contributed by atoms with Crippen LogP contribution in [0.2, 0.25) is 5.02 Å². The number of Topliss-reactive ketones (excluding diaryl/α,β-unsaturated/α-hetero) is 2. The van der Waals surface area contributed by atoms with Gasteiger partial charge in [-0.1, -0.05) is 35.9 Å². The van der Waals surface area contributed by atoms with E-state index in [1.54, 1.807) is 44.4 Å². The number of halogens is 1. The fourth-order valence-electron chi connectivity index (χ4n) is 6.18. The third kappa shape index (κ3) is 3.34. The van der Waals surface area contributed by atoms with Crippen LogP contribution in [0.3, 0.4) is 0 Å². The van der Waals surface area contributed by atoms with E-state index in [9.17, 15) is 34.8 Å². The number of rotatable bonds is 3. The number of benzene rings is 2. The number of hydrogen-bond acceptors (Lipinski definition) is 8. The van der Waals surface area contributed by atoms with Crippen LogP contribution >= 0.6 is 11.6 Å². The number of fused-ring (bicyclic) bond motifs is 3. The molecule has 3 aliphatic carbocycles. The SMILES string of the molecule is CN(C)[C@@H]1C(O)=C(C(N)=O)C(=O)[C@@]2(O)C(O)=C3C(=O)c4c(O)ccc(-c5ccccc5Cl)c4C[C@H]3C[C@@H]12. The Labute approximate surface area is 217 Å². The second-order valence-electron chi connectivity index (χ2n) is 9.93. The zero-order valence-corrected chi connectivity index (χ0v) is 20.8. The van der Waals surface area contributed by atoms with Crippen LogP contribution < -0.4 is 5.73 Å². The standard InChI is InChI=1S/C27H25ClN2O7/c1-30(2)21-15-10-11-9-14-12(13-5-3-4-6-16(13)28)7-8-17(31)19(14)22(32)18(11)24(34)27(15,37)25(35)20(23(21)33)26(29)36/h3-8,11,15,21,31,33-34,37H,9-10H2,1-2H3,(H2,29,36)/t11-,15-,21-,27-/m0/s1. The number of phenols is 1. The number of aliphatic hydroxyl groups is 3. The van der Waals surface area contributed by atoms with Crippen LogP contribution in [0.25, 0.3) is 11.1 Å². The maximum Gasteiger partial charge on any atom is 0.255 e. The lowest BCUT2D eigenvalue weighted by Gasteiger charge is -2.50. The molecule has 5 rings (SSSR count). The summed E-state index contributed by atoms with van der Waals surface area (Å²) in [4.78, 5) is 40.7. The van der Waals surface area contributed by atoms with E-state index in [2.05, 4.69) is 0 Å². The molecular formula is C27H25ClN2O7. The minimum absolute atomic E-state index is 0.0172. The van der Waals surface area contributed by atoms with E-state index in [4.69, 9.17) is 17.3 Å². The van der Waals surface area contributed by atoms with Gasteiger partial charge in [0.2, 0.25) is 5.78 Å². The molecule has 0 fully saturated rings. The van der Waals surface area contributed by atoms with Gasteiger partial charge in [-0.2, -0.15) is 0 Å². The monoisotopic (exact) mass is 524 g/mol. The van der Waals surface area contributed by atoms with E-state index >= 15 is 0 Å². The first kappa shape index (κ1) is 25.0. The summed E-state index contributed by atoms with van der Waals surface area (Å²) in [6.07, 6.45) is 0.201. The topological polar surface area (TPSA) is 161 Å². The van der Waals surface area contributed by atoms with Gasteiger partial charge in [-0.15, -0.1) is 0 Å². The van der Waals surface area contributed by atoms with Crippen LogP contribution in [0.1, 0.15) is 22.3 Å². The van der Waals surface area contributed by atoms with Gasteiger partial charge < -0.3 is 26.2 Å². The van der Waals surface area contributed by atoms with E-state index in [0.29, 0.717) is 21.7 Å². The molecule has 6 N–H and O–H groups in total. The Kier molecular flexibility index (Phi) is 5.71. The molecule has 192 valence electrons. The third-order valence-electron chi connectivity index (χ3n) is 7.77. The zero-order chi connectivity index (χ0) is 27.0. The van der Waals surface area contributed by atoms with Crippen molar-refractivity contribution in [3.63, 3.8) is 0 Å². The van der Waals surface area contributed by atoms with Crippen molar-refractivity contribution in [2.24, 2.45) is 17.6 Å². The number of allylic oxidation sites excluding steroid dienone is 1. The molecule has 0 bridgehead atoms. The molecule has 0 spiro atoms. The van der Waals surface area contributed by atoms with Crippen LogP contribution in [-0.4, -0.2) is 68.5 Å². The average Bonchev–Trinajstić information content (AvgIpc) is 2.82. The minimum atomic E-state index is -2.67. The normalized spacial score (nSPS) is 27.2. The molecule has 0 unspecified atom stereocenters. The highest BCUT2D eigenvalue weighted by molar-refractivity contribution is 6.33. The van der Waals surface area contributed by atoms with Crippen LogP contribution in [0.4, 0.5) is 0 Å². The van der Waals surface area contributed by atoms with Crippen LogP contribution in [0.5, 0.6) is 5.75 Å². The lowest BCUT2D eigenvalue weighted by Crippen LogP contribution is -2.63. The number of nitrogens with two attached hydrogens (primary N) is 1. The van der Waals surface area contributed by atoms with Crippen molar-refractivity contribution in [3.05, 3.63) is 75.2 Å². The summed E-state index contributed by atoms with van der Waals surface area (Å²) < 4.78 is 0. The van der Waals surface area contributed by atoms with Crippen LogP contribution in [0, 0.1) is 11.8 Å². The molecule has 2 aromatic carbocycles. The molecule has 0 heterocycles. The molecule has 37 heavy (non-hydrogen) atoms. The highest BCUT2D eigenvalue weighted by atomic mass is 35.5. The third-order valence-corrected chi connectivity index (χ3v) is 8.10. The Hall–Kier alpha value is -3.66. The maximum atomic E-state index is 13.8. The molecule has 0 aromatic heterocycles. The fraction of sp³-hybridized carbons (Fsp3) is 0.296. The minimum Gasteiger partial charge on any atom is -0.510 e. The number of aliphatic hydroxyl groups excluding tert-OH is 2. The van der Waals surface area contributed by atoms with Gasteiger partial charge in [0.15, 0.2) is 11.4 Å². The summed E-state index contributed by atoms with van der Waals surface area (Å²) in [5.41, 5.74) is 3.39. The molecule has 2 aromatic rings. The van der Waals surface area contributed by atoms with Crippen molar-refractivity contribution in [1.82, 2.24) is 4.90 Å². The summed E-state index contributed by atoms with van der Waals surface area (Å²) in [5, 5.41) is 44.9. The Morgan fingerprint density at radius 2 is 1.76 bits per heavy atom. The second-order valence-corrected chi connectivity index (χ2v) is 10.3. The summed E-state index contributed by atoms with van der Waals surface area (Å²) in [6.45, 7) is 0. The predicted octanol–water partition coefficient (Wildman–Crippen LogP) is 2.44. The van der Waals surface area contributed by atoms with Crippen LogP contribution in [-0.2, 0) is 16.0 Å². The number of aromatic hydroxyl groups is 1. The summed E-state index contributed by atoms with van der Waals surface area (Å²) in [5.74, 6) is -6.83. The number of nitrogens with zero attached hydrogens (tertiary/aromatic N) is 1. The number of amides is 1. The molecule has 0 radical (unpaired) electrons. The highest BCUT2D eigenvalue weighted by Crippen LogP contribution is 2.53. The Morgan fingerprint density at radius 1 is 1.08 bits per heavy atom. The quantitative estimate of drug-likeness (QED) is 0.382. The molecule has 10 heteroatoms. The predicted molar refractivity (Wildman–Crippen MR) is 134 cm³/mol. The largest absolute Gasteiger partial charge is 0.510 e. The molecule has 0 saturated carbocycles. The maximum absolute atomic E-state index is 13.8. The van der Waals surface area contributed by atoms with Crippen molar-refractivity contribution in [2.75, 3.05) is 14.1 Å². The van der Waals surface area contributed by atoms with Crippen molar-refractivity contribution in [2.45, 2.75) is 24.5 Å². The number of phenolic OH excluding ortho intramolecular Hbond substituents is 1. The first-order valence-corrected chi connectivity index (χ1v) is 12.0. The molecule has 0 saturated heterocycles. The number of ketones is 2. The number of carbonyl (C=O) groups is 3. The van der Waals surface area contributed by atoms with Gasteiger partial charge in [0, 0.05) is 22.1 Å². The highest BCUT2D eigenvalue weighted by Gasteiger charge is 2.63. The van der Waals surface area contributed by atoms with Crippen molar-refractivity contribution < 1.29 is 34.8 Å². The van der Waals surface area contributed by atoms with Gasteiger partial charge in [-0.05, 0) is 56.1 Å². The summed E-state index contributed by atoms with van der Waals surface area (Å²) in [7, 11) is 3.17. The Balaban J connectivity index is 1.74. The molecule has 1 amide bonds. The Bertz CT molecular complexity index is 1460. The molecule has 4 atom stereocenters. The molecule has 9 nitrogen and oxygen atoms in total. The second kappa shape index (κ2) is 8.44. The van der Waals surface area contributed by atoms with Crippen LogP contribution in [0.15, 0.2) is 59.1 Å². The number of carbonyl (C=O) groups excluding carboxylic acids is 3. The first-order chi connectivity index (χ1) is 17.4. The zero-order valence-electron chi connectivity index (χ0n) is 20.0. The van der Waals surface area contributed by atoms with Gasteiger partial charge >= 0.3 is 0 Å². The molecular weight excluding hydrogens is 500 g/mol.